The fraction of sp³-hybridized carbons (Fsp3) is 0.833. The number of aliphatic hydroxyl groups excluding tert-OH is 1. The highest BCUT2D eigenvalue weighted by molar-refractivity contribution is 6.06. The van der Waals surface area contributed by atoms with Crippen LogP contribution >= 0.6 is 0 Å². The van der Waals surface area contributed by atoms with Gasteiger partial charge in [0.1, 0.15) is 11.8 Å². The molecule has 0 aromatic rings. The van der Waals surface area contributed by atoms with Crippen molar-refractivity contribution in [3.63, 3.8) is 0 Å². The van der Waals surface area contributed by atoms with Gasteiger partial charge in [-0.2, -0.15) is 0 Å². The molecule has 3 amide bonds. The third-order valence-corrected chi connectivity index (χ3v) is 3.82. The summed E-state index contributed by atoms with van der Waals surface area (Å²) in [5.74, 6) is -0.369. The monoisotopic (exact) mass is 270 g/mol. The van der Waals surface area contributed by atoms with Crippen LogP contribution in [0.2, 0.25) is 0 Å². The van der Waals surface area contributed by atoms with Crippen LogP contribution in [-0.4, -0.2) is 70.6 Å². The molecular weight excluding hydrogens is 252 g/mol. The molecule has 3 atom stereocenters. The topological polar surface area (TPSA) is 85.9 Å². The minimum absolute atomic E-state index is 0.0138. The summed E-state index contributed by atoms with van der Waals surface area (Å²) in [5.41, 5.74) is -0.936. The third kappa shape index (κ3) is 2.22. The van der Waals surface area contributed by atoms with Crippen molar-refractivity contribution in [1.29, 1.82) is 0 Å². The Kier molecular flexibility index (Phi) is 2.81. The van der Waals surface area contributed by atoms with E-state index in [9.17, 15) is 14.7 Å². The number of nitrogens with zero attached hydrogens (tertiary/aromatic N) is 2. The molecule has 19 heavy (non-hydrogen) atoms. The van der Waals surface area contributed by atoms with E-state index >= 15 is 0 Å². The Morgan fingerprint density at radius 3 is 2.42 bits per heavy atom. The Morgan fingerprint density at radius 2 is 1.89 bits per heavy atom. The molecule has 7 nitrogen and oxygen atoms in total. The molecule has 3 saturated heterocycles. The van der Waals surface area contributed by atoms with Crippen molar-refractivity contribution in [2.75, 3.05) is 19.8 Å². The van der Waals surface area contributed by atoms with Crippen LogP contribution in [-0.2, 0) is 14.3 Å². The average Bonchev–Trinajstić information content (AvgIpc) is 3.19. The fourth-order valence-electron chi connectivity index (χ4n) is 2.36. The molecule has 1 N–H and O–H groups in total. The fourth-order valence-corrected chi connectivity index (χ4v) is 2.36. The van der Waals surface area contributed by atoms with Gasteiger partial charge in [0.15, 0.2) is 0 Å². The van der Waals surface area contributed by atoms with Gasteiger partial charge in [0.2, 0.25) is 0 Å². The van der Waals surface area contributed by atoms with Gasteiger partial charge in [0.25, 0.3) is 5.91 Å². The Balaban J connectivity index is 1.76. The van der Waals surface area contributed by atoms with Crippen LogP contribution in [0.25, 0.3) is 0 Å². The van der Waals surface area contributed by atoms with Crippen LogP contribution in [0, 0.1) is 0 Å². The summed E-state index contributed by atoms with van der Waals surface area (Å²) in [6.07, 6.45) is -0.863. The molecule has 106 valence electrons. The Bertz CT molecular complexity index is 416. The number of imide groups is 1. The van der Waals surface area contributed by atoms with Gasteiger partial charge in [-0.3, -0.25) is 4.79 Å². The first-order valence-corrected chi connectivity index (χ1v) is 6.48. The van der Waals surface area contributed by atoms with Crippen molar-refractivity contribution in [1.82, 2.24) is 9.80 Å². The second-order valence-electron chi connectivity index (χ2n) is 5.75. The Hall–Kier alpha value is -1.18. The molecule has 0 radical (unpaired) electrons. The Morgan fingerprint density at radius 1 is 1.32 bits per heavy atom. The lowest BCUT2D eigenvalue weighted by Crippen LogP contribution is -2.46. The predicted octanol–water partition coefficient (Wildman–Crippen LogP) is -0.465. The maximum Gasteiger partial charge on any atom is 0.329 e. The molecule has 0 aromatic carbocycles. The second-order valence-corrected chi connectivity index (χ2v) is 5.75. The van der Waals surface area contributed by atoms with Gasteiger partial charge < -0.3 is 19.5 Å². The summed E-state index contributed by atoms with van der Waals surface area (Å²) in [6.45, 7) is 4.97. The van der Waals surface area contributed by atoms with E-state index in [-0.39, 0.29) is 24.5 Å². The van der Waals surface area contributed by atoms with Crippen LogP contribution in [0.15, 0.2) is 0 Å². The summed E-state index contributed by atoms with van der Waals surface area (Å²) < 4.78 is 10.1. The number of ether oxygens (including phenoxy) is 2. The van der Waals surface area contributed by atoms with E-state index in [4.69, 9.17) is 9.47 Å². The zero-order chi connectivity index (χ0) is 13.8. The van der Waals surface area contributed by atoms with Crippen molar-refractivity contribution < 1.29 is 24.2 Å². The maximum absolute atomic E-state index is 12.3. The number of urea groups is 1. The van der Waals surface area contributed by atoms with E-state index in [1.54, 1.807) is 13.8 Å². The molecule has 0 aliphatic carbocycles. The molecule has 0 saturated carbocycles. The minimum Gasteiger partial charge on any atom is -0.373 e. The lowest BCUT2D eigenvalue weighted by molar-refractivity contribution is -0.138. The van der Waals surface area contributed by atoms with Crippen molar-refractivity contribution >= 4 is 11.9 Å². The second kappa shape index (κ2) is 4.16. The van der Waals surface area contributed by atoms with E-state index in [1.807, 2.05) is 0 Å². The highest BCUT2D eigenvalue weighted by atomic mass is 16.6. The number of carbonyl (C=O) groups is 2. The SMILES string of the molecule is CC1(C)C(=O)N(C(O)CC2CO2)C(=O)N1CC1CO1. The van der Waals surface area contributed by atoms with E-state index in [0.29, 0.717) is 19.8 Å². The Labute approximate surface area is 111 Å². The van der Waals surface area contributed by atoms with Gasteiger partial charge in [0, 0.05) is 6.42 Å². The molecule has 0 aromatic heterocycles. The van der Waals surface area contributed by atoms with Crippen LogP contribution in [0.5, 0.6) is 0 Å². The molecule has 3 aliphatic heterocycles. The predicted molar refractivity (Wildman–Crippen MR) is 63.1 cm³/mol. The summed E-state index contributed by atoms with van der Waals surface area (Å²) in [6, 6.07) is -0.446. The summed E-state index contributed by atoms with van der Waals surface area (Å²) in [5, 5.41) is 10.0. The number of amides is 3. The van der Waals surface area contributed by atoms with Gasteiger partial charge >= 0.3 is 6.03 Å². The molecule has 0 bridgehead atoms. The highest BCUT2D eigenvalue weighted by Gasteiger charge is 2.54. The molecular formula is C12H18N2O5. The molecule has 7 heteroatoms. The zero-order valence-corrected chi connectivity index (χ0v) is 11.0. The largest absolute Gasteiger partial charge is 0.373 e. The maximum atomic E-state index is 12.3. The first kappa shape index (κ1) is 12.8. The summed E-state index contributed by atoms with van der Waals surface area (Å²) >= 11 is 0. The molecule has 3 rings (SSSR count). The molecule has 3 heterocycles. The normalized spacial score (nSPS) is 33.8. The number of aliphatic hydroxyl groups is 1. The minimum atomic E-state index is -1.11. The highest BCUT2D eigenvalue weighted by Crippen LogP contribution is 2.32. The standard InChI is InChI=1S/C12H18N2O5/c1-12(2)10(16)14(9(15)3-7-5-18-7)11(17)13(12)4-8-6-19-8/h7-9,15H,3-6H2,1-2H3. The molecule has 3 aliphatic rings. The average molecular weight is 270 g/mol. The number of hydrogen-bond acceptors (Lipinski definition) is 5. The van der Waals surface area contributed by atoms with Crippen molar-refractivity contribution in [2.24, 2.45) is 0 Å². The van der Waals surface area contributed by atoms with Gasteiger partial charge in [-0.05, 0) is 13.8 Å². The van der Waals surface area contributed by atoms with Crippen LogP contribution in [0.4, 0.5) is 4.79 Å². The van der Waals surface area contributed by atoms with E-state index in [2.05, 4.69) is 0 Å². The first-order valence-electron chi connectivity index (χ1n) is 6.48. The van der Waals surface area contributed by atoms with Crippen LogP contribution in [0.3, 0.4) is 0 Å². The van der Waals surface area contributed by atoms with Gasteiger partial charge in [-0.1, -0.05) is 0 Å². The number of rotatable bonds is 5. The smallest absolute Gasteiger partial charge is 0.329 e. The molecule has 0 spiro atoms. The number of hydrogen-bond donors (Lipinski definition) is 1. The van der Waals surface area contributed by atoms with Crippen molar-refractivity contribution in [2.45, 2.75) is 44.2 Å². The zero-order valence-electron chi connectivity index (χ0n) is 11.0. The summed E-state index contributed by atoms with van der Waals surface area (Å²) in [4.78, 5) is 27.1. The third-order valence-electron chi connectivity index (χ3n) is 3.82. The van der Waals surface area contributed by atoms with Crippen molar-refractivity contribution in [3.8, 4) is 0 Å². The van der Waals surface area contributed by atoms with Gasteiger partial charge in [0.05, 0.1) is 32.0 Å². The van der Waals surface area contributed by atoms with E-state index in [1.165, 1.54) is 4.90 Å². The van der Waals surface area contributed by atoms with Crippen LogP contribution in [0.1, 0.15) is 20.3 Å². The lowest BCUT2D eigenvalue weighted by Gasteiger charge is -2.26. The van der Waals surface area contributed by atoms with Gasteiger partial charge in [-0.25, -0.2) is 9.69 Å². The molecule has 3 unspecified atom stereocenters. The number of carbonyl (C=O) groups excluding carboxylic acids is 2. The molecule has 3 fully saturated rings. The van der Waals surface area contributed by atoms with Crippen LogP contribution < -0.4 is 0 Å². The lowest BCUT2D eigenvalue weighted by atomic mass is 10.0. The van der Waals surface area contributed by atoms with Gasteiger partial charge in [-0.15, -0.1) is 0 Å². The quantitative estimate of drug-likeness (QED) is 0.539. The van der Waals surface area contributed by atoms with E-state index in [0.717, 1.165) is 4.90 Å². The first-order chi connectivity index (χ1) is 8.91. The summed E-state index contributed by atoms with van der Waals surface area (Å²) in [7, 11) is 0. The van der Waals surface area contributed by atoms with Crippen molar-refractivity contribution in [3.05, 3.63) is 0 Å². The van der Waals surface area contributed by atoms with E-state index < -0.39 is 17.8 Å². The number of epoxide rings is 2.